The molecule has 3 aromatic rings. The average Bonchev–Trinajstić information content (AvgIpc) is 3.86. The molecule has 3 aliphatic rings. The van der Waals surface area contributed by atoms with Crippen LogP contribution in [-0.2, 0) is 25.2 Å². The number of piperidine rings is 1. The van der Waals surface area contributed by atoms with Crippen LogP contribution in [0.3, 0.4) is 0 Å². The molecule has 3 saturated heterocycles. The summed E-state index contributed by atoms with van der Waals surface area (Å²) in [6.07, 6.45) is 4.17. The Labute approximate surface area is 315 Å². The van der Waals surface area contributed by atoms with Gasteiger partial charge in [0.05, 0.1) is 43.9 Å². The molecule has 0 spiro atoms. The largest absolute Gasteiger partial charge is 0.493 e. The fraction of sp³-hybridized carbons (Fsp3) is 0.475. The van der Waals surface area contributed by atoms with Crippen LogP contribution in [0.15, 0.2) is 60.7 Å². The number of amides is 2. The molecular weight excluding hydrogens is 705 g/mol. The van der Waals surface area contributed by atoms with Crippen LogP contribution in [0.1, 0.15) is 60.0 Å². The summed E-state index contributed by atoms with van der Waals surface area (Å²) in [6, 6.07) is 18.6. The highest BCUT2D eigenvalue weighted by Gasteiger charge is 2.49. The van der Waals surface area contributed by atoms with Crippen molar-refractivity contribution in [3.63, 3.8) is 0 Å². The third-order valence-corrected chi connectivity index (χ3v) is 12.2. The van der Waals surface area contributed by atoms with Gasteiger partial charge in [-0.3, -0.25) is 9.59 Å². The van der Waals surface area contributed by atoms with Crippen molar-refractivity contribution < 1.29 is 33.3 Å². The number of methoxy groups -OCH3 is 4. The fourth-order valence-corrected chi connectivity index (χ4v) is 8.72. The molecule has 2 atom stereocenters. The van der Waals surface area contributed by atoms with E-state index in [0.29, 0.717) is 84.8 Å². The molecule has 3 aromatic carbocycles. The number of carbonyl (C=O) groups excluding carboxylic acids is 3. The van der Waals surface area contributed by atoms with Gasteiger partial charge in [-0.05, 0) is 93.6 Å². The second-order valence-electron chi connectivity index (χ2n) is 14.0. The highest BCUT2D eigenvalue weighted by molar-refractivity contribution is 6.42. The van der Waals surface area contributed by atoms with Crippen molar-refractivity contribution in [2.75, 3.05) is 67.7 Å². The van der Waals surface area contributed by atoms with Crippen molar-refractivity contribution in [3.8, 4) is 17.2 Å². The van der Waals surface area contributed by atoms with Gasteiger partial charge in [-0.15, -0.1) is 0 Å². The zero-order chi connectivity index (χ0) is 37.0. The van der Waals surface area contributed by atoms with Gasteiger partial charge < -0.3 is 33.6 Å². The number of rotatable bonds is 11. The normalized spacial score (nSPS) is 21.5. The average molecular weight is 753 g/mol. The maximum absolute atomic E-state index is 14.5. The highest BCUT2D eigenvalue weighted by Crippen LogP contribution is 2.44. The van der Waals surface area contributed by atoms with Gasteiger partial charge in [-0.2, -0.15) is 0 Å². The van der Waals surface area contributed by atoms with Crippen molar-refractivity contribution in [2.45, 2.75) is 55.4 Å². The number of esters is 1. The predicted octanol–water partition coefficient (Wildman–Crippen LogP) is 6.39. The quantitative estimate of drug-likeness (QED) is 0.208. The zero-order valence-corrected chi connectivity index (χ0v) is 31.8. The molecule has 12 heteroatoms. The lowest BCUT2D eigenvalue weighted by atomic mass is 9.71. The molecule has 0 radical (unpaired) electrons. The van der Waals surface area contributed by atoms with Gasteiger partial charge in [0, 0.05) is 30.6 Å². The topological polar surface area (TPSA) is 97.9 Å². The number of hydrogen-bond acceptors (Lipinski definition) is 8. The fourth-order valence-electron chi connectivity index (χ4n) is 8.42. The molecule has 6 rings (SSSR count). The van der Waals surface area contributed by atoms with Crippen molar-refractivity contribution >= 4 is 41.0 Å². The van der Waals surface area contributed by atoms with E-state index < -0.39 is 11.5 Å². The van der Waals surface area contributed by atoms with E-state index in [-0.39, 0.29) is 23.2 Å². The van der Waals surface area contributed by atoms with Crippen LogP contribution in [0, 0.1) is 0 Å². The molecule has 3 fully saturated rings. The molecule has 3 heterocycles. The first-order valence-corrected chi connectivity index (χ1v) is 18.6. The lowest BCUT2D eigenvalue weighted by Crippen LogP contribution is -2.55. The molecule has 278 valence electrons. The second-order valence-corrected chi connectivity index (χ2v) is 14.8. The Morgan fingerprint density at radius 2 is 1.48 bits per heavy atom. The number of hydrogen-bond donors (Lipinski definition) is 0. The first-order chi connectivity index (χ1) is 25.1. The first-order valence-electron chi connectivity index (χ1n) is 17.8. The highest BCUT2D eigenvalue weighted by atomic mass is 35.5. The molecule has 0 aromatic heterocycles. The maximum atomic E-state index is 14.5. The second kappa shape index (κ2) is 15.9. The summed E-state index contributed by atoms with van der Waals surface area (Å²) in [5, 5.41) is 0.957. The van der Waals surface area contributed by atoms with Crippen molar-refractivity contribution in [2.24, 2.45) is 0 Å². The monoisotopic (exact) mass is 751 g/mol. The van der Waals surface area contributed by atoms with Crippen LogP contribution < -0.4 is 14.2 Å². The van der Waals surface area contributed by atoms with Crippen LogP contribution in [0.4, 0.5) is 0 Å². The minimum absolute atomic E-state index is 0.00951. The van der Waals surface area contributed by atoms with Gasteiger partial charge in [0.15, 0.2) is 11.5 Å². The first kappa shape index (κ1) is 37.8. The lowest BCUT2D eigenvalue weighted by molar-refractivity contribution is -0.154. The van der Waals surface area contributed by atoms with Gasteiger partial charge in [0.1, 0.15) is 6.04 Å². The molecule has 0 N–H and O–H groups in total. The number of nitrogens with zero attached hydrogens (tertiary/aromatic N) is 3. The molecule has 3 aliphatic heterocycles. The molecule has 0 saturated carbocycles. The summed E-state index contributed by atoms with van der Waals surface area (Å²) < 4.78 is 21.6. The van der Waals surface area contributed by atoms with Gasteiger partial charge >= 0.3 is 5.97 Å². The number of benzene rings is 3. The van der Waals surface area contributed by atoms with E-state index >= 15 is 0 Å². The molecule has 52 heavy (non-hydrogen) atoms. The molecule has 2 amide bonds. The Morgan fingerprint density at radius 1 is 0.788 bits per heavy atom. The Hall–Kier alpha value is -3.99. The Bertz CT molecular complexity index is 1760. The Kier molecular flexibility index (Phi) is 11.6. The standard InChI is InChI=1S/C40H47Cl2N3O7/c1-49-33-23-27(24-34(50-2)35(33)51-3)36(46)44-22-15-39(26-44,29-12-13-30(41)31(42)25-29)14-19-43-20-16-40(17-21-43,28-9-6-5-7-10-28)38(48)45-18-8-11-32(45)37(47)52-4/h5-7,9-10,12-13,23-25,32H,8,11,14-22,26H2,1-4H3. The lowest BCUT2D eigenvalue weighted by Gasteiger charge is -2.44. The van der Waals surface area contributed by atoms with E-state index in [1.54, 1.807) is 17.0 Å². The SMILES string of the molecule is COC(=O)C1CCCN1C(=O)C1(c2ccccc2)CCN(CCC2(c3ccc(Cl)c(Cl)c3)CCN(C(=O)c3cc(OC)c(OC)c(OC)c3)C2)CC1. The van der Waals surface area contributed by atoms with Gasteiger partial charge in [0.25, 0.3) is 5.91 Å². The Morgan fingerprint density at radius 3 is 2.10 bits per heavy atom. The maximum Gasteiger partial charge on any atom is 0.328 e. The third kappa shape index (κ3) is 7.17. The van der Waals surface area contributed by atoms with E-state index in [9.17, 15) is 14.4 Å². The Balaban J connectivity index is 1.22. The zero-order valence-electron chi connectivity index (χ0n) is 30.3. The summed E-state index contributed by atoms with van der Waals surface area (Å²) in [4.78, 5) is 47.2. The van der Waals surface area contributed by atoms with E-state index in [2.05, 4.69) is 4.90 Å². The summed E-state index contributed by atoms with van der Waals surface area (Å²) in [7, 11) is 5.97. The predicted molar refractivity (Wildman–Crippen MR) is 200 cm³/mol. The summed E-state index contributed by atoms with van der Waals surface area (Å²) in [6.45, 7) is 3.78. The number of carbonyl (C=O) groups is 3. The number of likely N-dealkylation sites (tertiary alicyclic amines) is 3. The third-order valence-electron chi connectivity index (χ3n) is 11.4. The van der Waals surface area contributed by atoms with Crippen LogP contribution in [0.5, 0.6) is 17.2 Å². The minimum atomic E-state index is -0.729. The van der Waals surface area contributed by atoms with Gasteiger partial charge in [-0.1, -0.05) is 59.6 Å². The molecule has 10 nitrogen and oxygen atoms in total. The number of halogens is 2. The van der Waals surface area contributed by atoms with Crippen molar-refractivity contribution in [3.05, 3.63) is 87.4 Å². The summed E-state index contributed by atoms with van der Waals surface area (Å²) in [5.74, 6) is 0.791. The smallest absolute Gasteiger partial charge is 0.328 e. The molecule has 0 bridgehead atoms. The molecular formula is C40H47Cl2N3O7. The van der Waals surface area contributed by atoms with Crippen LogP contribution in [0.25, 0.3) is 0 Å². The van der Waals surface area contributed by atoms with E-state index in [0.717, 1.165) is 36.9 Å². The van der Waals surface area contributed by atoms with Gasteiger partial charge in [0.2, 0.25) is 11.7 Å². The van der Waals surface area contributed by atoms with Gasteiger partial charge in [-0.25, -0.2) is 4.79 Å². The summed E-state index contributed by atoms with van der Waals surface area (Å²) >= 11 is 12.9. The van der Waals surface area contributed by atoms with E-state index in [1.807, 2.05) is 53.4 Å². The summed E-state index contributed by atoms with van der Waals surface area (Å²) in [5.41, 5.74) is 1.37. The minimum Gasteiger partial charge on any atom is -0.493 e. The molecule has 2 unspecified atom stereocenters. The molecule has 0 aliphatic carbocycles. The van der Waals surface area contributed by atoms with E-state index in [1.165, 1.54) is 28.4 Å². The van der Waals surface area contributed by atoms with E-state index in [4.69, 9.17) is 42.1 Å². The van der Waals surface area contributed by atoms with Crippen molar-refractivity contribution in [1.82, 2.24) is 14.7 Å². The van der Waals surface area contributed by atoms with Crippen LogP contribution >= 0.6 is 23.2 Å². The van der Waals surface area contributed by atoms with Crippen molar-refractivity contribution in [1.29, 1.82) is 0 Å². The van der Waals surface area contributed by atoms with Crippen LogP contribution in [0.2, 0.25) is 10.0 Å². The van der Waals surface area contributed by atoms with Crippen LogP contribution in [-0.4, -0.2) is 106 Å². The number of ether oxygens (including phenoxy) is 4.